The molecule has 2 aromatic heterocycles. The zero-order valence-electron chi connectivity index (χ0n) is 30.1. The van der Waals surface area contributed by atoms with Gasteiger partial charge in [-0.1, -0.05) is 163 Å². The highest BCUT2D eigenvalue weighted by Gasteiger charge is 2.26. The van der Waals surface area contributed by atoms with E-state index in [-0.39, 0.29) is 10.8 Å². The molecule has 8 rings (SSSR count). The van der Waals surface area contributed by atoms with Crippen LogP contribution in [-0.4, -0.2) is 19.5 Å². The third-order valence-corrected chi connectivity index (χ3v) is 9.70. The van der Waals surface area contributed by atoms with Crippen molar-refractivity contribution in [2.75, 3.05) is 0 Å². The fourth-order valence-corrected chi connectivity index (χ4v) is 7.03. The molecule has 51 heavy (non-hydrogen) atoms. The fourth-order valence-electron chi connectivity index (χ4n) is 7.03. The minimum absolute atomic E-state index is 0.0792. The maximum atomic E-state index is 5.49. The molecule has 4 heteroatoms. The lowest BCUT2D eigenvalue weighted by Gasteiger charge is -2.26. The molecule has 0 aliphatic heterocycles. The van der Waals surface area contributed by atoms with Crippen molar-refractivity contribution < 1.29 is 0 Å². The molecule has 0 radical (unpaired) electrons. The van der Waals surface area contributed by atoms with Gasteiger partial charge in [0.1, 0.15) is 5.82 Å². The average molecular weight is 663 g/mol. The molecule has 0 fully saturated rings. The first-order valence-electron chi connectivity index (χ1n) is 17.7. The van der Waals surface area contributed by atoms with Gasteiger partial charge in [-0.05, 0) is 57.3 Å². The summed E-state index contributed by atoms with van der Waals surface area (Å²) in [6.45, 7) is 13.5. The molecule has 8 aromatic rings. The van der Waals surface area contributed by atoms with Crippen molar-refractivity contribution in [2.45, 2.75) is 52.4 Å². The Morgan fingerprint density at radius 1 is 0.392 bits per heavy atom. The molecule has 0 saturated heterocycles. The molecule has 0 spiro atoms. The summed E-state index contributed by atoms with van der Waals surface area (Å²) in [6, 6.07) is 51.2. The van der Waals surface area contributed by atoms with Crippen molar-refractivity contribution in [1.29, 1.82) is 0 Å². The first kappa shape index (κ1) is 32.3. The number of nitrogens with zero attached hydrogens (tertiary/aromatic N) is 4. The normalized spacial score (nSPS) is 12.1. The second-order valence-corrected chi connectivity index (χ2v) is 15.4. The van der Waals surface area contributed by atoms with Crippen molar-refractivity contribution in [2.24, 2.45) is 0 Å². The highest BCUT2D eigenvalue weighted by atomic mass is 15.1. The average Bonchev–Trinajstić information content (AvgIpc) is 3.54. The largest absolute Gasteiger partial charge is 0.292 e. The van der Waals surface area contributed by atoms with Gasteiger partial charge in [-0.25, -0.2) is 15.0 Å². The third kappa shape index (κ3) is 6.01. The van der Waals surface area contributed by atoms with Crippen LogP contribution in [0.1, 0.15) is 52.7 Å². The van der Waals surface area contributed by atoms with Gasteiger partial charge in [0.05, 0.1) is 33.5 Å². The molecule has 0 saturated carbocycles. The number of fused-ring (bicyclic) bond motifs is 2. The molecule has 0 unspecified atom stereocenters. The fraction of sp³-hybridized carbons (Fsp3) is 0.170. The van der Waals surface area contributed by atoms with Gasteiger partial charge in [-0.15, -0.1) is 0 Å². The molecule has 250 valence electrons. The van der Waals surface area contributed by atoms with E-state index in [9.17, 15) is 0 Å². The Morgan fingerprint density at radius 3 is 1.35 bits per heavy atom. The summed E-state index contributed by atoms with van der Waals surface area (Å²) >= 11 is 0. The van der Waals surface area contributed by atoms with E-state index < -0.39 is 0 Å². The predicted molar refractivity (Wildman–Crippen MR) is 213 cm³/mol. The van der Waals surface area contributed by atoms with Crippen LogP contribution >= 0.6 is 0 Å². The van der Waals surface area contributed by atoms with E-state index in [1.807, 2.05) is 18.2 Å². The number of benzene rings is 6. The third-order valence-electron chi connectivity index (χ3n) is 9.70. The van der Waals surface area contributed by atoms with Gasteiger partial charge in [0, 0.05) is 22.4 Å². The number of hydrogen-bond acceptors (Lipinski definition) is 3. The lowest BCUT2D eigenvalue weighted by molar-refractivity contribution is 0.583. The monoisotopic (exact) mass is 662 g/mol. The van der Waals surface area contributed by atoms with E-state index in [0.29, 0.717) is 0 Å². The first-order chi connectivity index (χ1) is 24.6. The molecule has 0 bridgehead atoms. The SMILES string of the molecule is CC(C)(C)c1ccc(C(C)(C)C)c2nc(-c3ccc(-c4ccc(-c5nc6ccccc6n5-c5ccccc5)cc4)cc3)c(-c3ccccc3)nc12. The van der Waals surface area contributed by atoms with Crippen LogP contribution in [0.4, 0.5) is 0 Å². The van der Waals surface area contributed by atoms with Crippen LogP contribution in [0.3, 0.4) is 0 Å². The Morgan fingerprint density at radius 2 is 0.824 bits per heavy atom. The molecular weight excluding hydrogens is 621 g/mol. The highest BCUT2D eigenvalue weighted by molar-refractivity contribution is 5.91. The lowest BCUT2D eigenvalue weighted by Crippen LogP contribution is -2.17. The van der Waals surface area contributed by atoms with E-state index in [0.717, 1.165) is 72.8 Å². The molecule has 2 heterocycles. The van der Waals surface area contributed by atoms with Crippen molar-refractivity contribution in [3.8, 4) is 50.7 Å². The van der Waals surface area contributed by atoms with E-state index in [1.54, 1.807) is 0 Å². The summed E-state index contributed by atoms with van der Waals surface area (Å²) in [4.78, 5) is 16.0. The molecular formula is C47H42N4. The van der Waals surface area contributed by atoms with Crippen LogP contribution in [0.15, 0.2) is 146 Å². The maximum Gasteiger partial charge on any atom is 0.145 e. The Kier molecular flexibility index (Phi) is 7.91. The second kappa shape index (κ2) is 12.5. The molecule has 6 aromatic carbocycles. The standard InChI is InChI=1S/C47H42N4/c1-46(2,3)37-29-30-38(47(4,5)6)44-43(37)49-41(33-15-9-7-10-16-33)42(50-44)34-25-21-31(22-26-34)32-23-27-35(28-24-32)45-48-39-19-13-14-20-40(39)51(45)36-17-11-8-12-18-36/h7-30H,1-6H3. The number of rotatable bonds is 5. The molecule has 4 nitrogen and oxygen atoms in total. The first-order valence-corrected chi connectivity index (χ1v) is 17.7. The maximum absolute atomic E-state index is 5.49. The van der Waals surface area contributed by atoms with Crippen molar-refractivity contribution in [3.05, 3.63) is 157 Å². The van der Waals surface area contributed by atoms with Crippen LogP contribution in [0.5, 0.6) is 0 Å². The lowest BCUT2D eigenvalue weighted by atomic mass is 9.80. The number of para-hydroxylation sites is 3. The minimum atomic E-state index is -0.0874. The zero-order chi connectivity index (χ0) is 35.3. The summed E-state index contributed by atoms with van der Waals surface area (Å²) in [5.74, 6) is 0.928. The number of imidazole rings is 1. The Hall–Kier alpha value is -5.87. The van der Waals surface area contributed by atoms with Gasteiger partial charge in [-0.3, -0.25) is 4.57 Å². The summed E-state index contributed by atoms with van der Waals surface area (Å²) < 4.78 is 2.24. The Labute approximate surface area is 300 Å². The van der Waals surface area contributed by atoms with E-state index in [4.69, 9.17) is 15.0 Å². The second-order valence-electron chi connectivity index (χ2n) is 15.4. The van der Waals surface area contributed by atoms with Crippen LogP contribution in [0, 0.1) is 0 Å². The summed E-state index contributed by atoms with van der Waals surface area (Å²) in [7, 11) is 0. The van der Waals surface area contributed by atoms with Gasteiger partial charge < -0.3 is 0 Å². The van der Waals surface area contributed by atoms with Crippen molar-refractivity contribution >= 4 is 22.1 Å². The predicted octanol–water partition coefficient (Wildman–Crippen LogP) is 12.2. The Bertz CT molecular complexity index is 2500. The molecule has 0 aliphatic carbocycles. The molecule has 0 amide bonds. The van der Waals surface area contributed by atoms with Gasteiger partial charge >= 0.3 is 0 Å². The van der Waals surface area contributed by atoms with Crippen molar-refractivity contribution in [3.63, 3.8) is 0 Å². The number of hydrogen-bond donors (Lipinski definition) is 0. The van der Waals surface area contributed by atoms with Crippen LogP contribution in [-0.2, 0) is 10.8 Å². The molecule has 0 N–H and O–H groups in total. The van der Waals surface area contributed by atoms with Crippen LogP contribution in [0.2, 0.25) is 0 Å². The number of aromatic nitrogens is 4. The summed E-state index contributed by atoms with van der Waals surface area (Å²) in [5, 5.41) is 0. The van der Waals surface area contributed by atoms with E-state index >= 15 is 0 Å². The quantitative estimate of drug-likeness (QED) is 0.184. The van der Waals surface area contributed by atoms with Gasteiger partial charge in [-0.2, -0.15) is 0 Å². The highest BCUT2D eigenvalue weighted by Crippen LogP contribution is 2.39. The molecule has 0 aliphatic rings. The van der Waals surface area contributed by atoms with Crippen LogP contribution in [0.25, 0.3) is 72.8 Å². The topological polar surface area (TPSA) is 43.6 Å². The summed E-state index contributed by atoms with van der Waals surface area (Å²) in [5.41, 5.74) is 14.6. The smallest absolute Gasteiger partial charge is 0.145 e. The summed E-state index contributed by atoms with van der Waals surface area (Å²) in [6.07, 6.45) is 0. The van der Waals surface area contributed by atoms with Gasteiger partial charge in [0.25, 0.3) is 0 Å². The molecule has 0 atom stereocenters. The van der Waals surface area contributed by atoms with Gasteiger partial charge in [0.15, 0.2) is 0 Å². The Balaban J connectivity index is 1.21. The minimum Gasteiger partial charge on any atom is -0.292 e. The van der Waals surface area contributed by atoms with Gasteiger partial charge in [0.2, 0.25) is 0 Å². The van der Waals surface area contributed by atoms with Crippen molar-refractivity contribution in [1.82, 2.24) is 19.5 Å². The van der Waals surface area contributed by atoms with Crippen LogP contribution < -0.4 is 0 Å². The van der Waals surface area contributed by atoms with E-state index in [1.165, 1.54) is 11.1 Å². The van der Waals surface area contributed by atoms with E-state index in [2.05, 4.69) is 174 Å². The zero-order valence-corrected chi connectivity index (χ0v) is 30.1.